The fourth-order valence-electron chi connectivity index (χ4n) is 1.61. The molecule has 1 aromatic heterocycles. The van der Waals surface area contributed by atoms with Gasteiger partial charge in [0, 0.05) is 56.0 Å². The van der Waals surface area contributed by atoms with Crippen molar-refractivity contribution in [2.45, 2.75) is 25.3 Å². The van der Waals surface area contributed by atoms with Gasteiger partial charge in [-0.15, -0.1) is 0 Å². The minimum absolute atomic E-state index is 0. The van der Waals surface area contributed by atoms with Crippen molar-refractivity contribution in [3.63, 3.8) is 0 Å². The van der Waals surface area contributed by atoms with Crippen LogP contribution in [0.5, 0.6) is 0 Å². The van der Waals surface area contributed by atoms with Crippen molar-refractivity contribution in [3.05, 3.63) is 35.3 Å². The van der Waals surface area contributed by atoms with E-state index in [-0.39, 0.29) is 50.1 Å². The van der Waals surface area contributed by atoms with Gasteiger partial charge in [-0.2, -0.15) is 0 Å². The first kappa shape index (κ1) is 10.6. The molecule has 1 atom stereocenters. The first-order valence-electron chi connectivity index (χ1n) is 4.03. The van der Waals surface area contributed by atoms with E-state index in [4.69, 9.17) is 5.73 Å². The molecular weight excluding hydrogens is 363 g/mol. The average molecular weight is 374 g/mol. The van der Waals surface area contributed by atoms with Gasteiger partial charge in [-0.25, -0.2) is 0 Å². The van der Waals surface area contributed by atoms with Crippen LogP contribution in [0.15, 0.2) is 18.3 Å². The van der Waals surface area contributed by atoms with E-state index in [2.05, 4.69) is 11.1 Å². The zero-order valence-corrected chi connectivity index (χ0v) is 11.7. The van der Waals surface area contributed by atoms with Crippen LogP contribution in [0.1, 0.15) is 30.1 Å². The molecule has 0 saturated carbocycles. The number of aromatic nitrogens is 1. The minimum Gasteiger partial charge on any atom is -0.670 e. The summed E-state index contributed by atoms with van der Waals surface area (Å²) in [6.45, 7) is 0. The van der Waals surface area contributed by atoms with Gasteiger partial charge >= 0.3 is 0 Å². The van der Waals surface area contributed by atoms with Crippen LogP contribution in [0.25, 0.3) is 5.73 Å². The summed E-state index contributed by atoms with van der Waals surface area (Å²) in [6, 6.07) is 3.97. The third-order valence-electron chi connectivity index (χ3n) is 2.20. The van der Waals surface area contributed by atoms with E-state index in [0.717, 1.165) is 25.0 Å². The number of rotatable bonds is 0. The van der Waals surface area contributed by atoms with E-state index in [1.165, 1.54) is 5.56 Å². The fraction of sp³-hybridized carbons (Fsp3) is 0.444. The van der Waals surface area contributed by atoms with Crippen LogP contribution < -0.4 is 0 Å². The van der Waals surface area contributed by atoms with Crippen molar-refractivity contribution in [1.29, 1.82) is 0 Å². The summed E-state index contributed by atoms with van der Waals surface area (Å²) in [5.41, 5.74) is 9.97. The van der Waals surface area contributed by atoms with Crippen LogP contribution in [-0.2, 0) is 6.42 Å². The first-order valence-corrected chi connectivity index (χ1v) is 4.03. The van der Waals surface area contributed by atoms with Gasteiger partial charge in [0.15, 0.2) is 0 Å². The summed E-state index contributed by atoms with van der Waals surface area (Å²) in [6.07, 6.45) is 5.01. The van der Waals surface area contributed by atoms with Crippen molar-refractivity contribution in [1.82, 2.24) is 4.98 Å². The van der Waals surface area contributed by atoms with Gasteiger partial charge in [-0.05, 0) is 18.1 Å². The SMILES string of the molecule is [Ac].[NH-]C1CCCc2cccnc21. The predicted molar refractivity (Wildman–Crippen MR) is 44.2 cm³/mol. The minimum atomic E-state index is -0.0695. The molecule has 1 aliphatic carbocycles. The largest absolute Gasteiger partial charge is 0.670 e. The number of hydrogen-bond acceptors (Lipinski definition) is 1. The maximum atomic E-state index is 7.69. The third kappa shape index (κ3) is 2.07. The van der Waals surface area contributed by atoms with Crippen LogP contribution in [0.2, 0.25) is 0 Å². The number of nitrogens with one attached hydrogen (secondary N) is 1. The van der Waals surface area contributed by atoms with Crippen molar-refractivity contribution in [2.24, 2.45) is 0 Å². The zero-order chi connectivity index (χ0) is 7.68. The van der Waals surface area contributed by atoms with E-state index < -0.39 is 0 Å². The maximum absolute atomic E-state index is 7.69. The molecule has 12 heavy (non-hydrogen) atoms. The molecule has 0 aliphatic heterocycles. The molecule has 0 saturated heterocycles. The smallest absolute Gasteiger partial charge is 0.0270 e. The van der Waals surface area contributed by atoms with Crippen molar-refractivity contribution in [3.8, 4) is 0 Å². The number of fused-ring (bicyclic) bond motifs is 1. The van der Waals surface area contributed by atoms with Crippen molar-refractivity contribution >= 4 is 0 Å². The Hall–Kier alpha value is 0.552. The summed E-state index contributed by atoms with van der Waals surface area (Å²) in [7, 11) is 0. The quantitative estimate of drug-likeness (QED) is 0.688. The van der Waals surface area contributed by atoms with Gasteiger partial charge in [0.05, 0.1) is 0 Å². The topological polar surface area (TPSA) is 36.7 Å². The second kappa shape index (κ2) is 4.69. The molecule has 1 heterocycles. The van der Waals surface area contributed by atoms with Gasteiger partial charge in [-0.1, -0.05) is 24.9 Å². The molecule has 0 amide bonds. The molecule has 0 bridgehead atoms. The van der Waals surface area contributed by atoms with Gasteiger partial charge in [0.25, 0.3) is 0 Å². The monoisotopic (exact) mass is 374 g/mol. The third-order valence-corrected chi connectivity index (χ3v) is 2.20. The van der Waals surface area contributed by atoms with Crippen molar-refractivity contribution in [2.75, 3.05) is 0 Å². The molecule has 2 nitrogen and oxygen atoms in total. The van der Waals surface area contributed by atoms with Crippen molar-refractivity contribution < 1.29 is 44.1 Å². The summed E-state index contributed by atoms with van der Waals surface area (Å²) in [5.74, 6) is 0. The van der Waals surface area contributed by atoms with E-state index >= 15 is 0 Å². The molecule has 0 spiro atoms. The normalized spacial score (nSPS) is 20.9. The first-order chi connectivity index (χ1) is 5.38. The standard InChI is InChI=1S/C9H11N2.Ac/c10-8-5-1-3-7-4-2-6-11-9(7)8;/h2,4,6,8,10H,1,3,5H2;/q-1;. The molecule has 1 aliphatic rings. The Balaban J connectivity index is 0.000000720. The van der Waals surface area contributed by atoms with Crippen LogP contribution in [0, 0.1) is 44.1 Å². The predicted octanol–water partition coefficient (Wildman–Crippen LogP) is 2.51. The Bertz CT molecular complexity index is 262. The molecule has 2 rings (SSSR count). The molecular formula is C9H11AcN2-. The Kier molecular flexibility index (Phi) is 4.16. The van der Waals surface area contributed by atoms with Gasteiger partial charge in [0.2, 0.25) is 0 Å². The molecule has 1 N–H and O–H groups in total. The number of aryl methyl sites for hydroxylation is 1. The Morgan fingerprint density at radius 1 is 1.50 bits per heavy atom. The summed E-state index contributed by atoms with van der Waals surface area (Å²) >= 11 is 0. The van der Waals surface area contributed by atoms with Gasteiger partial charge in [-0.3, -0.25) is 4.98 Å². The number of nitrogens with zero attached hydrogens (tertiary/aromatic N) is 1. The zero-order valence-electron chi connectivity index (χ0n) is 6.96. The molecule has 61 valence electrons. The van der Waals surface area contributed by atoms with Crippen LogP contribution >= 0.6 is 0 Å². The molecule has 1 radical (unpaired) electrons. The Labute approximate surface area is 109 Å². The molecule has 0 aromatic carbocycles. The fourth-order valence-corrected chi connectivity index (χ4v) is 1.61. The summed E-state index contributed by atoms with van der Waals surface area (Å²) < 4.78 is 0. The van der Waals surface area contributed by atoms with E-state index in [9.17, 15) is 0 Å². The molecule has 1 aromatic rings. The van der Waals surface area contributed by atoms with Crippen LogP contribution in [0.3, 0.4) is 0 Å². The van der Waals surface area contributed by atoms with E-state index in [0.29, 0.717) is 0 Å². The average Bonchev–Trinajstić information content (AvgIpc) is 2.06. The second-order valence-electron chi connectivity index (χ2n) is 2.99. The Morgan fingerprint density at radius 2 is 2.33 bits per heavy atom. The number of pyridine rings is 1. The van der Waals surface area contributed by atoms with E-state index in [1.54, 1.807) is 6.20 Å². The molecule has 0 fully saturated rings. The number of hydrogen-bond donors (Lipinski definition) is 0. The van der Waals surface area contributed by atoms with Gasteiger partial charge < -0.3 is 5.73 Å². The molecule has 3 heteroatoms. The van der Waals surface area contributed by atoms with Crippen LogP contribution in [0.4, 0.5) is 0 Å². The maximum Gasteiger partial charge on any atom is 0.0270 e. The molecule has 1 unspecified atom stereocenters. The van der Waals surface area contributed by atoms with Gasteiger partial charge in [0.1, 0.15) is 0 Å². The van der Waals surface area contributed by atoms with Crippen LogP contribution in [-0.4, -0.2) is 4.98 Å². The summed E-state index contributed by atoms with van der Waals surface area (Å²) in [5, 5.41) is 0. The Morgan fingerprint density at radius 3 is 3.08 bits per heavy atom. The second-order valence-corrected chi connectivity index (χ2v) is 2.99. The summed E-state index contributed by atoms with van der Waals surface area (Å²) in [4.78, 5) is 4.21. The van der Waals surface area contributed by atoms with E-state index in [1.807, 2.05) is 6.07 Å².